The Kier molecular flexibility index (Phi) is 2.41. The van der Waals surface area contributed by atoms with E-state index in [2.05, 4.69) is 8.37 Å². The highest BCUT2D eigenvalue weighted by molar-refractivity contribution is 7.82. The molecule has 0 aromatic heterocycles. The summed E-state index contributed by atoms with van der Waals surface area (Å²) in [5.74, 6) is -2.37. The third kappa shape index (κ3) is 1.75. The molecule has 72 valence electrons. The smallest absolute Gasteiger partial charge is 0.385 e. The molecule has 12 heavy (non-hydrogen) atoms. The van der Waals surface area contributed by atoms with Crippen molar-refractivity contribution in [1.82, 2.24) is 0 Å². The van der Waals surface area contributed by atoms with Gasteiger partial charge in [-0.25, -0.2) is 0 Å². The number of hydrogen-bond acceptors (Lipinski definition) is 6. The Balaban J connectivity index is 2.54. The van der Waals surface area contributed by atoms with Crippen LogP contribution >= 0.6 is 0 Å². The van der Waals surface area contributed by atoms with Gasteiger partial charge < -0.3 is 10.2 Å². The summed E-state index contributed by atoms with van der Waals surface area (Å²) in [5, 5.41) is 18.2. The highest BCUT2D eigenvalue weighted by atomic mass is 32.3. The molecule has 0 aliphatic carbocycles. The molecule has 1 saturated heterocycles. The van der Waals surface area contributed by atoms with E-state index in [4.69, 9.17) is 10.2 Å². The molecule has 1 fully saturated rings. The average Bonchev–Trinajstić information content (AvgIpc) is 1.83. The Morgan fingerprint density at radius 2 is 2.00 bits per heavy atom. The Morgan fingerprint density at radius 1 is 1.50 bits per heavy atom. The zero-order valence-electron chi connectivity index (χ0n) is 6.43. The predicted molar refractivity (Wildman–Crippen MR) is 37.0 cm³/mol. The fraction of sp³-hybridized carbons (Fsp3) is 1.00. The van der Waals surface area contributed by atoms with Gasteiger partial charge in [-0.05, 0) is 6.42 Å². The molecule has 1 aliphatic heterocycles. The van der Waals surface area contributed by atoms with Gasteiger partial charge in [0, 0.05) is 0 Å². The van der Waals surface area contributed by atoms with Gasteiger partial charge in [-0.3, -0.25) is 0 Å². The van der Waals surface area contributed by atoms with Crippen LogP contribution < -0.4 is 0 Å². The van der Waals surface area contributed by atoms with Crippen molar-refractivity contribution in [2.75, 3.05) is 0 Å². The van der Waals surface area contributed by atoms with E-state index in [0.717, 1.165) is 0 Å². The van der Waals surface area contributed by atoms with E-state index >= 15 is 0 Å². The minimum atomic E-state index is -4.06. The Labute approximate surface area is 70.1 Å². The fourth-order valence-corrected chi connectivity index (χ4v) is 1.69. The molecule has 6 nitrogen and oxygen atoms in total. The van der Waals surface area contributed by atoms with Crippen molar-refractivity contribution in [3.63, 3.8) is 0 Å². The number of aliphatic hydroxyl groups excluding tert-OH is 1. The van der Waals surface area contributed by atoms with E-state index in [1.165, 1.54) is 0 Å². The van der Waals surface area contributed by atoms with Gasteiger partial charge in [-0.15, -0.1) is 0 Å². The molecule has 0 radical (unpaired) electrons. The van der Waals surface area contributed by atoms with E-state index in [9.17, 15) is 8.42 Å². The normalized spacial score (nSPS) is 27.6. The topological polar surface area (TPSA) is 93.1 Å². The standard InChI is InChI=1S/C5H10O6S/c1-2-3-4(6)5(7)10-12(8,9)11-5/h4,6-7H,2-3H2,1H3. The summed E-state index contributed by atoms with van der Waals surface area (Å²) < 4.78 is 28.6. The maximum absolute atomic E-state index is 10.3. The van der Waals surface area contributed by atoms with Crippen molar-refractivity contribution in [3.05, 3.63) is 0 Å². The van der Waals surface area contributed by atoms with Crippen molar-refractivity contribution in [2.24, 2.45) is 0 Å². The van der Waals surface area contributed by atoms with Crippen LogP contribution in [0.25, 0.3) is 0 Å². The van der Waals surface area contributed by atoms with Crippen LogP contribution in [0.15, 0.2) is 0 Å². The summed E-state index contributed by atoms with van der Waals surface area (Å²) in [6, 6.07) is 0. The van der Waals surface area contributed by atoms with Crippen LogP contribution in [0.5, 0.6) is 0 Å². The van der Waals surface area contributed by atoms with Crippen LogP contribution in [0.1, 0.15) is 19.8 Å². The first-order valence-corrected chi connectivity index (χ1v) is 4.79. The molecule has 0 amide bonds. The largest absolute Gasteiger partial charge is 0.409 e. The number of rotatable bonds is 3. The lowest BCUT2D eigenvalue weighted by molar-refractivity contribution is -0.367. The lowest BCUT2D eigenvalue weighted by atomic mass is 10.2. The van der Waals surface area contributed by atoms with Crippen molar-refractivity contribution >= 4 is 10.4 Å². The number of aliphatic hydroxyl groups is 2. The SMILES string of the molecule is CCCC(O)C1(O)OS(=O)(=O)O1. The summed E-state index contributed by atoms with van der Waals surface area (Å²) in [6.07, 6.45) is -0.562. The first-order chi connectivity index (χ1) is 5.40. The molecule has 1 heterocycles. The molecule has 1 rings (SSSR count). The zero-order valence-corrected chi connectivity index (χ0v) is 7.24. The summed E-state index contributed by atoms with van der Waals surface area (Å²) in [6.45, 7) is 1.76. The van der Waals surface area contributed by atoms with Gasteiger partial charge in [0.25, 0.3) is 0 Å². The van der Waals surface area contributed by atoms with E-state index in [1.807, 2.05) is 0 Å². The summed E-state index contributed by atoms with van der Waals surface area (Å²) >= 11 is 0. The first-order valence-electron chi connectivity index (χ1n) is 3.46. The van der Waals surface area contributed by atoms with E-state index in [-0.39, 0.29) is 6.42 Å². The van der Waals surface area contributed by atoms with Gasteiger partial charge >= 0.3 is 16.4 Å². The highest BCUT2D eigenvalue weighted by Crippen LogP contribution is 2.32. The highest BCUT2D eigenvalue weighted by Gasteiger charge is 2.56. The molecule has 1 aliphatic rings. The van der Waals surface area contributed by atoms with Crippen molar-refractivity contribution in [2.45, 2.75) is 31.8 Å². The molecular formula is C5H10O6S. The Morgan fingerprint density at radius 3 is 2.33 bits per heavy atom. The molecule has 1 unspecified atom stereocenters. The van der Waals surface area contributed by atoms with Gasteiger partial charge in [-0.2, -0.15) is 16.8 Å². The minimum absolute atomic E-state index is 0.200. The van der Waals surface area contributed by atoms with Crippen LogP contribution in [0, 0.1) is 0 Å². The van der Waals surface area contributed by atoms with E-state index in [1.54, 1.807) is 6.92 Å². The molecule has 0 aromatic rings. The molecule has 0 saturated carbocycles. The zero-order chi connectivity index (χ0) is 9.41. The second kappa shape index (κ2) is 2.93. The van der Waals surface area contributed by atoms with Crippen LogP contribution in [0.3, 0.4) is 0 Å². The summed E-state index contributed by atoms with van der Waals surface area (Å²) in [5.41, 5.74) is 0. The van der Waals surface area contributed by atoms with Crippen LogP contribution in [0.4, 0.5) is 0 Å². The van der Waals surface area contributed by atoms with Gasteiger partial charge in [-0.1, -0.05) is 13.3 Å². The molecule has 7 heteroatoms. The molecule has 2 N–H and O–H groups in total. The molecule has 0 spiro atoms. The monoisotopic (exact) mass is 198 g/mol. The second-order valence-electron chi connectivity index (χ2n) is 2.51. The summed E-state index contributed by atoms with van der Waals surface area (Å²) in [7, 11) is -4.06. The van der Waals surface area contributed by atoms with Crippen molar-refractivity contribution in [3.8, 4) is 0 Å². The second-order valence-corrected chi connectivity index (χ2v) is 3.66. The maximum Gasteiger partial charge on any atom is 0.409 e. The average molecular weight is 198 g/mol. The molecule has 0 bridgehead atoms. The molecule has 0 aromatic carbocycles. The van der Waals surface area contributed by atoms with Gasteiger partial charge in [0.15, 0.2) is 0 Å². The lowest BCUT2D eigenvalue weighted by Crippen LogP contribution is -2.58. The van der Waals surface area contributed by atoms with Crippen LogP contribution in [-0.2, 0) is 18.8 Å². The Hall–Kier alpha value is -0.210. The molecular weight excluding hydrogens is 188 g/mol. The Bertz CT molecular complexity index is 245. The van der Waals surface area contributed by atoms with Crippen molar-refractivity contribution in [1.29, 1.82) is 0 Å². The maximum atomic E-state index is 10.3. The predicted octanol–water partition coefficient (Wildman–Crippen LogP) is -0.915. The van der Waals surface area contributed by atoms with Gasteiger partial charge in [0.2, 0.25) is 0 Å². The lowest BCUT2D eigenvalue weighted by Gasteiger charge is -2.36. The molecule has 1 atom stereocenters. The first kappa shape index (κ1) is 9.87. The number of hydrogen-bond donors (Lipinski definition) is 2. The van der Waals surface area contributed by atoms with Crippen LogP contribution in [0.2, 0.25) is 0 Å². The quantitative estimate of drug-likeness (QED) is 0.609. The third-order valence-corrected chi connectivity index (χ3v) is 2.31. The minimum Gasteiger partial charge on any atom is -0.385 e. The fourth-order valence-electron chi connectivity index (χ4n) is 0.866. The van der Waals surface area contributed by atoms with Crippen LogP contribution in [-0.4, -0.2) is 30.7 Å². The van der Waals surface area contributed by atoms with Gasteiger partial charge in [0.05, 0.1) is 0 Å². The van der Waals surface area contributed by atoms with E-state index < -0.39 is 22.5 Å². The van der Waals surface area contributed by atoms with E-state index in [0.29, 0.717) is 6.42 Å². The summed E-state index contributed by atoms with van der Waals surface area (Å²) in [4.78, 5) is 0. The van der Waals surface area contributed by atoms with Crippen molar-refractivity contribution < 1.29 is 27.0 Å². The third-order valence-electron chi connectivity index (χ3n) is 1.43. The van der Waals surface area contributed by atoms with Gasteiger partial charge in [0.1, 0.15) is 6.10 Å².